The second kappa shape index (κ2) is 4.73. The first kappa shape index (κ1) is 11.2. The van der Waals surface area contributed by atoms with Crippen molar-refractivity contribution in [1.82, 2.24) is 0 Å². The van der Waals surface area contributed by atoms with Gasteiger partial charge in [-0.3, -0.25) is 0 Å². The van der Waals surface area contributed by atoms with E-state index < -0.39 is 0 Å². The fourth-order valence-corrected chi connectivity index (χ4v) is 2.45. The highest BCUT2D eigenvalue weighted by Crippen LogP contribution is 2.31. The lowest BCUT2D eigenvalue weighted by molar-refractivity contribution is 0.537. The third-order valence-corrected chi connectivity index (χ3v) is 3.40. The van der Waals surface area contributed by atoms with Gasteiger partial charge in [0, 0.05) is 6.54 Å². The summed E-state index contributed by atoms with van der Waals surface area (Å²) in [6.07, 6.45) is 3.84. The summed E-state index contributed by atoms with van der Waals surface area (Å²) in [6, 6.07) is 4.46. The molecule has 2 rings (SSSR count). The Hall–Kier alpha value is -1.25. The third kappa shape index (κ3) is 2.65. The Morgan fingerprint density at radius 2 is 2.25 bits per heavy atom. The standard InChI is InChI=1S/C13H19FN2/c1-9-2-3-10(6-9)8-16-13-7-11(14)4-5-12(13)15/h4-5,7,9-10,16H,2-3,6,8,15H2,1H3. The average molecular weight is 222 g/mol. The van der Waals surface area contributed by atoms with Crippen LogP contribution < -0.4 is 11.1 Å². The molecule has 2 unspecified atom stereocenters. The first-order valence-corrected chi connectivity index (χ1v) is 5.94. The summed E-state index contributed by atoms with van der Waals surface area (Å²) in [5.74, 6) is 1.30. The van der Waals surface area contributed by atoms with E-state index in [1.807, 2.05) is 0 Å². The van der Waals surface area contributed by atoms with Crippen molar-refractivity contribution in [3.63, 3.8) is 0 Å². The lowest BCUT2D eigenvalue weighted by atomic mass is 10.1. The largest absolute Gasteiger partial charge is 0.397 e. The van der Waals surface area contributed by atoms with E-state index in [9.17, 15) is 4.39 Å². The van der Waals surface area contributed by atoms with Crippen molar-refractivity contribution in [2.75, 3.05) is 17.6 Å². The number of nitrogens with one attached hydrogen (secondary N) is 1. The van der Waals surface area contributed by atoms with E-state index in [4.69, 9.17) is 5.73 Å². The van der Waals surface area contributed by atoms with E-state index in [0.29, 0.717) is 11.6 Å². The smallest absolute Gasteiger partial charge is 0.125 e. The van der Waals surface area contributed by atoms with Crippen LogP contribution in [0.3, 0.4) is 0 Å². The van der Waals surface area contributed by atoms with Crippen molar-refractivity contribution in [1.29, 1.82) is 0 Å². The molecule has 0 heterocycles. The Morgan fingerprint density at radius 1 is 1.44 bits per heavy atom. The molecule has 0 radical (unpaired) electrons. The van der Waals surface area contributed by atoms with Gasteiger partial charge < -0.3 is 11.1 Å². The number of benzene rings is 1. The molecule has 1 fully saturated rings. The monoisotopic (exact) mass is 222 g/mol. The van der Waals surface area contributed by atoms with Crippen molar-refractivity contribution in [3.05, 3.63) is 24.0 Å². The summed E-state index contributed by atoms with van der Waals surface area (Å²) >= 11 is 0. The van der Waals surface area contributed by atoms with E-state index in [-0.39, 0.29) is 5.82 Å². The summed E-state index contributed by atoms with van der Waals surface area (Å²) in [5.41, 5.74) is 7.11. The second-order valence-electron chi connectivity index (χ2n) is 4.90. The molecule has 2 nitrogen and oxygen atoms in total. The minimum atomic E-state index is -0.239. The quantitative estimate of drug-likeness (QED) is 0.770. The first-order chi connectivity index (χ1) is 7.65. The highest BCUT2D eigenvalue weighted by atomic mass is 19.1. The fourth-order valence-electron chi connectivity index (χ4n) is 2.45. The molecule has 0 saturated heterocycles. The second-order valence-corrected chi connectivity index (χ2v) is 4.90. The Labute approximate surface area is 96.0 Å². The highest BCUT2D eigenvalue weighted by Gasteiger charge is 2.20. The van der Waals surface area contributed by atoms with Gasteiger partial charge in [0.1, 0.15) is 5.82 Å². The van der Waals surface area contributed by atoms with Crippen molar-refractivity contribution >= 4 is 11.4 Å². The van der Waals surface area contributed by atoms with Gasteiger partial charge in [-0.05, 0) is 42.9 Å². The normalized spacial score (nSPS) is 24.6. The number of rotatable bonds is 3. The van der Waals surface area contributed by atoms with E-state index in [2.05, 4.69) is 12.2 Å². The molecule has 0 spiro atoms. The third-order valence-electron chi connectivity index (χ3n) is 3.40. The minimum absolute atomic E-state index is 0.239. The molecule has 0 aliphatic heterocycles. The lowest BCUT2D eigenvalue weighted by Crippen LogP contribution is -2.12. The SMILES string of the molecule is CC1CCC(CNc2cc(F)ccc2N)C1. The molecule has 0 bridgehead atoms. The molecule has 88 valence electrons. The van der Waals surface area contributed by atoms with Crippen molar-refractivity contribution in [3.8, 4) is 0 Å². The molecule has 16 heavy (non-hydrogen) atoms. The molecular weight excluding hydrogens is 203 g/mol. The number of nitrogens with two attached hydrogens (primary N) is 1. The maximum absolute atomic E-state index is 13.0. The number of nitrogen functional groups attached to an aromatic ring is 1. The molecule has 0 amide bonds. The van der Waals surface area contributed by atoms with Gasteiger partial charge in [-0.1, -0.05) is 13.3 Å². The van der Waals surface area contributed by atoms with Gasteiger partial charge in [-0.2, -0.15) is 0 Å². The lowest BCUT2D eigenvalue weighted by Gasteiger charge is -2.13. The number of anilines is 2. The van der Waals surface area contributed by atoms with E-state index in [1.54, 1.807) is 6.07 Å². The molecule has 2 atom stereocenters. The van der Waals surface area contributed by atoms with Crippen LogP contribution in [0.5, 0.6) is 0 Å². The molecule has 3 N–H and O–H groups in total. The zero-order valence-electron chi connectivity index (χ0n) is 9.67. The number of hydrogen-bond acceptors (Lipinski definition) is 2. The zero-order valence-corrected chi connectivity index (χ0v) is 9.67. The Kier molecular flexibility index (Phi) is 3.32. The van der Waals surface area contributed by atoms with Crippen LogP contribution in [0.15, 0.2) is 18.2 Å². The van der Waals surface area contributed by atoms with Crippen molar-refractivity contribution in [2.45, 2.75) is 26.2 Å². The van der Waals surface area contributed by atoms with Gasteiger partial charge >= 0.3 is 0 Å². The number of halogens is 1. The van der Waals surface area contributed by atoms with Gasteiger partial charge in [-0.25, -0.2) is 4.39 Å². The van der Waals surface area contributed by atoms with Gasteiger partial charge in [0.15, 0.2) is 0 Å². The van der Waals surface area contributed by atoms with Crippen LogP contribution >= 0.6 is 0 Å². The van der Waals surface area contributed by atoms with Crippen LogP contribution in [0.4, 0.5) is 15.8 Å². The topological polar surface area (TPSA) is 38.0 Å². The van der Waals surface area contributed by atoms with Crippen LogP contribution in [0.2, 0.25) is 0 Å². The summed E-state index contributed by atoms with van der Waals surface area (Å²) in [6.45, 7) is 3.19. The molecule has 1 aromatic rings. The summed E-state index contributed by atoms with van der Waals surface area (Å²) in [4.78, 5) is 0. The van der Waals surface area contributed by atoms with Crippen molar-refractivity contribution < 1.29 is 4.39 Å². The molecular formula is C13H19FN2. The predicted molar refractivity (Wildman–Crippen MR) is 65.8 cm³/mol. The highest BCUT2D eigenvalue weighted by molar-refractivity contribution is 5.65. The van der Waals surface area contributed by atoms with E-state index in [1.165, 1.54) is 31.4 Å². The van der Waals surface area contributed by atoms with Crippen LogP contribution in [0.25, 0.3) is 0 Å². The van der Waals surface area contributed by atoms with Crippen molar-refractivity contribution in [2.24, 2.45) is 11.8 Å². The molecule has 1 aliphatic carbocycles. The fraction of sp³-hybridized carbons (Fsp3) is 0.538. The Morgan fingerprint density at radius 3 is 2.94 bits per heavy atom. The minimum Gasteiger partial charge on any atom is -0.397 e. The Balaban J connectivity index is 1.91. The van der Waals surface area contributed by atoms with Gasteiger partial charge in [0.05, 0.1) is 11.4 Å². The van der Waals surface area contributed by atoms with Gasteiger partial charge in [0.25, 0.3) is 0 Å². The van der Waals surface area contributed by atoms with E-state index in [0.717, 1.165) is 18.2 Å². The van der Waals surface area contributed by atoms with Crippen LogP contribution in [-0.2, 0) is 0 Å². The average Bonchev–Trinajstić information content (AvgIpc) is 2.66. The molecule has 1 aromatic carbocycles. The van der Waals surface area contributed by atoms with Gasteiger partial charge in [-0.15, -0.1) is 0 Å². The zero-order chi connectivity index (χ0) is 11.5. The number of hydrogen-bond donors (Lipinski definition) is 2. The van der Waals surface area contributed by atoms with E-state index >= 15 is 0 Å². The summed E-state index contributed by atoms with van der Waals surface area (Å²) in [7, 11) is 0. The van der Waals surface area contributed by atoms with Crippen LogP contribution in [-0.4, -0.2) is 6.54 Å². The Bertz CT molecular complexity index is 365. The van der Waals surface area contributed by atoms with Gasteiger partial charge in [0.2, 0.25) is 0 Å². The molecule has 1 saturated carbocycles. The maximum atomic E-state index is 13.0. The molecule has 0 aromatic heterocycles. The molecule has 1 aliphatic rings. The van der Waals surface area contributed by atoms with Crippen LogP contribution in [0.1, 0.15) is 26.2 Å². The summed E-state index contributed by atoms with van der Waals surface area (Å²) < 4.78 is 13.0. The summed E-state index contributed by atoms with van der Waals surface area (Å²) in [5, 5.41) is 3.25. The molecule has 3 heteroatoms. The first-order valence-electron chi connectivity index (χ1n) is 5.94. The van der Waals surface area contributed by atoms with Crippen LogP contribution in [0, 0.1) is 17.7 Å². The maximum Gasteiger partial charge on any atom is 0.125 e. The predicted octanol–water partition coefficient (Wildman–Crippen LogP) is 3.26.